The third-order valence-corrected chi connectivity index (χ3v) is 7.77. The molecule has 0 spiro atoms. The molecule has 0 unspecified atom stereocenters. The van der Waals surface area contributed by atoms with E-state index in [-0.39, 0.29) is 26.4 Å². The van der Waals surface area contributed by atoms with Gasteiger partial charge in [-0.3, -0.25) is 0 Å². The standard InChI is InChI=1S/C10H24O6P2/c1-5-9-15-18(12,16-10-6-2)17(11,13-7-3)14-8-4/h5-10H2,1-4H3. The van der Waals surface area contributed by atoms with Gasteiger partial charge >= 0.3 is 14.6 Å². The molecule has 0 aromatic rings. The third-order valence-electron chi connectivity index (χ3n) is 1.80. The zero-order valence-corrected chi connectivity index (χ0v) is 13.4. The maximum atomic E-state index is 12.6. The van der Waals surface area contributed by atoms with Gasteiger partial charge in [0, 0.05) is 0 Å². The van der Waals surface area contributed by atoms with Gasteiger partial charge in [-0.05, 0) is 26.7 Å². The van der Waals surface area contributed by atoms with Crippen LogP contribution in [-0.4, -0.2) is 26.4 Å². The monoisotopic (exact) mass is 302 g/mol. The molecule has 0 saturated carbocycles. The van der Waals surface area contributed by atoms with Crippen molar-refractivity contribution in [1.29, 1.82) is 0 Å². The van der Waals surface area contributed by atoms with Crippen LogP contribution in [0.5, 0.6) is 0 Å². The number of hydrogen-bond donors (Lipinski definition) is 0. The van der Waals surface area contributed by atoms with Crippen molar-refractivity contribution in [1.82, 2.24) is 0 Å². The Morgan fingerprint density at radius 1 is 0.667 bits per heavy atom. The van der Waals surface area contributed by atoms with Crippen LogP contribution in [0.1, 0.15) is 40.5 Å². The van der Waals surface area contributed by atoms with E-state index in [1.165, 1.54) is 0 Å². The van der Waals surface area contributed by atoms with E-state index in [9.17, 15) is 9.13 Å². The molecule has 6 nitrogen and oxygen atoms in total. The van der Waals surface area contributed by atoms with E-state index in [1.807, 2.05) is 13.8 Å². The summed E-state index contributed by atoms with van der Waals surface area (Å²) in [6, 6.07) is 0. The molecule has 0 heterocycles. The van der Waals surface area contributed by atoms with Gasteiger partial charge in [0.05, 0.1) is 26.4 Å². The molecule has 0 rings (SSSR count). The van der Waals surface area contributed by atoms with Gasteiger partial charge in [-0.25, -0.2) is 9.13 Å². The molecule has 0 aromatic heterocycles. The van der Waals surface area contributed by atoms with Crippen molar-refractivity contribution in [2.24, 2.45) is 0 Å². The minimum atomic E-state index is -3.90. The zero-order valence-electron chi connectivity index (χ0n) is 11.6. The normalized spacial score (nSPS) is 12.9. The molecule has 0 aromatic carbocycles. The van der Waals surface area contributed by atoms with Crippen molar-refractivity contribution in [2.45, 2.75) is 40.5 Å². The van der Waals surface area contributed by atoms with E-state index in [0.29, 0.717) is 12.8 Å². The smallest absolute Gasteiger partial charge is 0.300 e. The molecule has 0 radical (unpaired) electrons. The summed E-state index contributed by atoms with van der Waals surface area (Å²) in [6.07, 6.45) is 1.27. The minimum Gasteiger partial charge on any atom is -0.300 e. The van der Waals surface area contributed by atoms with E-state index < -0.39 is 14.6 Å². The highest BCUT2D eigenvalue weighted by Gasteiger charge is 2.50. The Labute approximate surface area is 109 Å². The highest BCUT2D eigenvalue weighted by atomic mass is 32.1. The lowest BCUT2D eigenvalue weighted by atomic mass is 10.5. The van der Waals surface area contributed by atoms with Crippen molar-refractivity contribution in [2.75, 3.05) is 26.4 Å². The second-order valence-corrected chi connectivity index (χ2v) is 9.29. The molecule has 0 saturated heterocycles. The van der Waals surface area contributed by atoms with Crippen LogP contribution in [0.3, 0.4) is 0 Å². The summed E-state index contributed by atoms with van der Waals surface area (Å²) in [5.74, 6) is 0. The van der Waals surface area contributed by atoms with E-state index in [1.54, 1.807) is 13.8 Å². The van der Waals surface area contributed by atoms with Gasteiger partial charge in [0.1, 0.15) is 0 Å². The van der Waals surface area contributed by atoms with Crippen LogP contribution in [0.4, 0.5) is 0 Å². The molecule has 18 heavy (non-hydrogen) atoms. The Kier molecular flexibility index (Phi) is 9.40. The summed E-state index contributed by atoms with van der Waals surface area (Å²) in [4.78, 5) is 0. The number of hydrogen-bond acceptors (Lipinski definition) is 6. The van der Waals surface area contributed by atoms with Gasteiger partial charge < -0.3 is 18.1 Å². The summed E-state index contributed by atoms with van der Waals surface area (Å²) in [7, 11) is -7.79. The Morgan fingerprint density at radius 3 is 1.28 bits per heavy atom. The lowest BCUT2D eigenvalue weighted by Crippen LogP contribution is -2.04. The van der Waals surface area contributed by atoms with Gasteiger partial charge in [0.2, 0.25) is 0 Å². The highest BCUT2D eigenvalue weighted by Crippen LogP contribution is 2.83. The Hall–Kier alpha value is 0.300. The van der Waals surface area contributed by atoms with Crippen LogP contribution < -0.4 is 0 Å². The van der Waals surface area contributed by atoms with Crippen LogP contribution in [0.2, 0.25) is 0 Å². The minimum absolute atomic E-state index is 0.117. The fourth-order valence-corrected chi connectivity index (χ4v) is 6.17. The van der Waals surface area contributed by atoms with Gasteiger partial charge in [-0.1, -0.05) is 13.8 Å². The quantitative estimate of drug-likeness (QED) is 0.532. The summed E-state index contributed by atoms with van der Waals surface area (Å²) >= 11 is 0. The van der Waals surface area contributed by atoms with E-state index >= 15 is 0 Å². The second kappa shape index (κ2) is 9.24. The first kappa shape index (κ1) is 18.3. The van der Waals surface area contributed by atoms with E-state index in [0.717, 1.165) is 0 Å². The summed E-state index contributed by atoms with van der Waals surface area (Å²) in [6.45, 7) is 7.62. The first-order valence-corrected chi connectivity index (χ1v) is 10.1. The third kappa shape index (κ3) is 5.12. The average Bonchev–Trinajstić information content (AvgIpc) is 2.34. The predicted octanol–water partition coefficient (Wildman–Crippen LogP) is 4.21. The molecule has 0 N–H and O–H groups in total. The Bertz CT molecular complexity index is 285. The Morgan fingerprint density at radius 2 is 1.00 bits per heavy atom. The SMILES string of the molecule is CCCOP(=O)(OCCC)P(=O)(OCC)OCC. The number of rotatable bonds is 11. The first-order valence-electron chi connectivity index (χ1n) is 6.28. The summed E-state index contributed by atoms with van der Waals surface area (Å²) in [5.41, 5.74) is 0. The predicted molar refractivity (Wildman–Crippen MR) is 71.0 cm³/mol. The zero-order chi connectivity index (χ0) is 14.1. The van der Waals surface area contributed by atoms with Crippen LogP contribution in [0.15, 0.2) is 0 Å². The van der Waals surface area contributed by atoms with Crippen LogP contribution in [0, 0.1) is 0 Å². The molecule has 0 aliphatic heterocycles. The molecule has 0 fully saturated rings. The van der Waals surface area contributed by atoms with Crippen LogP contribution in [0.25, 0.3) is 0 Å². The summed E-state index contributed by atoms with van der Waals surface area (Å²) in [5, 5.41) is 0. The van der Waals surface area contributed by atoms with Crippen molar-refractivity contribution in [3.63, 3.8) is 0 Å². The molecule has 0 atom stereocenters. The molecule has 8 heteroatoms. The second-order valence-electron chi connectivity index (χ2n) is 3.44. The van der Waals surface area contributed by atoms with Crippen molar-refractivity contribution < 1.29 is 27.2 Å². The molecule has 0 amide bonds. The molecular weight excluding hydrogens is 278 g/mol. The lowest BCUT2D eigenvalue weighted by Gasteiger charge is -2.25. The molecule has 110 valence electrons. The van der Waals surface area contributed by atoms with Gasteiger partial charge in [0.15, 0.2) is 0 Å². The first-order chi connectivity index (χ1) is 8.49. The molecule has 0 bridgehead atoms. The van der Waals surface area contributed by atoms with Crippen LogP contribution in [-0.2, 0) is 27.2 Å². The lowest BCUT2D eigenvalue weighted by molar-refractivity contribution is 0.184. The average molecular weight is 302 g/mol. The topological polar surface area (TPSA) is 71.1 Å². The van der Waals surface area contributed by atoms with Crippen molar-refractivity contribution in [3.05, 3.63) is 0 Å². The van der Waals surface area contributed by atoms with Gasteiger partial charge in [0.25, 0.3) is 0 Å². The Balaban J connectivity index is 5.08. The van der Waals surface area contributed by atoms with Gasteiger partial charge in [-0.2, -0.15) is 0 Å². The maximum absolute atomic E-state index is 12.6. The van der Waals surface area contributed by atoms with Crippen LogP contribution >= 0.6 is 14.6 Å². The van der Waals surface area contributed by atoms with Crippen molar-refractivity contribution in [3.8, 4) is 0 Å². The maximum Gasteiger partial charge on any atom is 0.441 e. The molecule has 0 aliphatic carbocycles. The van der Waals surface area contributed by atoms with Gasteiger partial charge in [-0.15, -0.1) is 0 Å². The fraction of sp³-hybridized carbons (Fsp3) is 1.00. The van der Waals surface area contributed by atoms with E-state index in [4.69, 9.17) is 18.1 Å². The fourth-order valence-electron chi connectivity index (χ4n) is 1.10. The molecular formula is C10H24O6P2. The largest absolute Gasteiger partial charge is 0.441 e. The highest BCUT2D eigenvalue weighted by molar-refractivity contribution is 8.27. The summed E-state index contributed by atoms with van der Waals surface area (Å²) < 4.78 is 45.5. The van der Waals surface area contributed by atoms with E-state index in [2.05, 4.69) is 0 Å². The van der Waals surface area contributed by atoms with Crippen molar-refractivity contribution >= 4 is 14.6 Å². The molecule has 0 aliphatic rings.